The Hall–Kier alpha value is -2.47. The van der Waals surface area contributed by atoms with Gasteiger partial charge in [0.05, 0.1) is 17.1 Å². The van der Waals surface area contributed by atoms with Crippen LogP contribution in [-0.2, 0) is 4.79 Å². The summed E-state index contributed by atoms with van der Waals surface area (Å²) in [5, 5.41) is 14.7. The molecule has 0 saturated carbocycles. The number of rotatable bonds is 2. The predicted octanol–water partition coefficient (Wildman–Crippen LogP) is 3.72. The number of anilines is 1. The number of amides is 1. The molecule has 0 saturated heterocycles. The fourth-order valence-corrected chi connectivity index (χ4v) is 2.56. The van der Waals surface area contributed by atoms with Crippen molar-refractivity contribution in [2.75, 3.05) is 5.32 Å². The van der Waals surface area contributed by atoms with Crippen molar-refractivity contribution in [2.45, 2.75) is 6.92 Å². The van der Waals surface area contributed by atoms with Crippen molar-refractivity contribution >= 4 is 44.6 Å². The molecule has 1 aliphatic heterocycles. The highest BCUT2D eigenvalue weighted by atomic mass is 79.9. The maximum Gasteiger partial charge on any atom is 0.275 e. The molecule has 1 heterocycles. The summed E-state index contributed by atoms with van der Waals surface area (Å²) in [7, 11) is 0. The number of fused-ring (bicyclic) bond motifs is 1. The van der Waals surface area contributed by atoms with E-state index in [9.17, 15) is 4.79 Å². The number of aliphatic imine (C=N–C) groups is 1. The normalized spacial score (nSPS) is 15.8. The van der Waals surface area contributed by atoms with Crippen LogP contribution in [-0.4, -0.2) is 22.5 Å². The van der Waals surface area contributed by atoms with Crippen molar-refractivity contribution in [1.82, 2.24) is 0 Å². The highest BCUT2D eigenvalue weighted by molar-refractivity contribution is 9.10. The van der Waals surface area contributed by atoms with Crippen LogP contribution in [0.5, 0.6) is 0 Å². The van der Waals surface area contributed by atoms with E-state index in [1.807, 2.05) is 18.2 Å². The first kappa shape index (κ1) is 14.5. The number of nitrogens with zero attached hydrogens (tertiary/aromatic N) is 2. The van der Waals surface area contributed by atoms with Gasteiger partial charge in [-0.05, 0) is 42.8 Å². The summed E-state index contributed by atoms with van der Waals surface area (Å²) in [6, 6.07) is 12.7. The zero-order valence-electron chi connectivity index (χ0n) is 11.7. The van der Waals surface area contributed by atoms with E-state index in [1.165, 1.54) is 0 Å². The van der Waals surface area contributed by atoms with Crippen LogP contribution in [0.3, 0.4) is 0 Å². The van der Waals surface area contributed by atoms with Crippen molar-refractivity contribution in [1.29, 1.82) is 0 Å². The topological polar surface area (TPSA) is 74.0 Å². The lowest BCUT2D eigenvalue weighted by molar-refractivity contribution is -0.110. The molecule has 2 N–H and O–H groups in total. The number of hydrogen-bond donors (Lipinski definition) is 2. The van der Waals surface area contributed by atoms with Crippen LogP contribution in [0.25, 0.3) is 0 Å². The maximum atomic E-state index is 12.1. The summed E-state index contributed by atoms with van der Waals surface area (Å²) in [6.45, 7) is 1.71. The molecule has 0 aromatic heterocycles. The molecule has 6 heteroatoms. The molecule has 0 aliphatic carbocycles. The largest absolute Gasteiger partial charge is 0.411 e. The number of hydrogen-bond acceptors (Lipinski definition) is 4. The van der Waals surface area contributed by atoms with E-state index in [0.29, 0.717) is 17.1 Å². The summed E-state index contributed by atoms with van der Waals surface area (Å²) in [4.78, 5) is 16.5. The van der Waals surface area contributed by atoms with E-state index in [0.717, 1.165) is 21.3 Å². The van der Waals surface area contributed by atoms with Gasteiger partial charge in [-0.15, -0.1) is 0 Å². The third-order valence-electron chi connectivity index (χ3n) is 3.38. The number of nitrogens with one attached hydrogen (secondary N) is 1. The zero-order chi connectivity index (χ0) is 15.7. The lowest BCUT2D eigenvalue weighted by atomic mass is 10.1. The van der Waals surface area contributed by atoms with Gasteiger partial charge in [0, 0.05) is 10.0 Å². The van der Waals surface area contributed by atoms with Crippen molar-refractivity contribution in [3.63, 3.8) is 0 Å². The van der Waals surface area contributed by atoms with E-state index < -0.39 is 0 Å². The van der Waals surface area contributed by atoms with Crippen LogP contribution in [0.1, 0.15) is 18.1 Å². The van der Waals surface area contributed by atoms with Gasteiger partial charge in [-0.25, -0.2) is 4.99 Å². The molecule has 2 aromatic rings. The van der Waals surface area contributed by atoms with Gasteiger partial charge in [-0.1, -0.05) is 33.2 Å². The van der Waals surface area contributed by atoms with E-state index in [2.05, 4.69) is 31.4 Å². The summed E-state index contributed by atoms with van der Waals surface area (Å²) >= 11 is 3.40. The fraction of sp³-hybridized carbons (Fsp3) is 0.0625. The average Bonchev–Trinajstić information content (AvgIpc) is 2.83. The molecule has 2 aromatic carbocycles. The van der Waals surface area contributed by atoms with E-state index in [1.54, 1.807) is 31.2 Å². The van der Waals surface area contributed by atoms with E-state index >= 15 is 0 Å². The first-order valence-electron chi connectivity index (χ1n) is 6.57. The second kappa shape index (κ2) is 5.73. The fourth-order valence-electron chi connectivity index (χ4n) is 2.20. The third kappa shape index (κ3) is 2.65. The Balaban J connectivity index is 1.99. The second-order valence-electron chi connectivity index (χ2n) is 4.84. The molecular weight excluding hydrogens is 346 g/mol. The van der Waals surface area contributed by atoms with Crippen molar-refractivity contribution in [2.24, 2.45) is 10.1 Å². The van der Waals surface area contributed by atoms with Gasteiger partial charge in [-0.2, -0.15) is 0 Å². The average molecular weight is 358 g/mol. The minimum atomic E-state index is -0.217. The Morgan fingerprint density at radius 3 is 2.59 bits per heavy atom. The maximum absolute atomic E-state index is 12.1. The molecule has 3 rings (SSSR count). The zero-order valence-corrected chi connectivity index (χ0v) is 13.3. The minimum Gasteiger partial charge on any atom is -0.411 e. The molecule has 0 atom stereocenters. The van der Waals surface area contributed by atoms with E-state index in [-0.39, 0.29) is 5.91 Å². The molecule has 5 nitrogen and oxygen atoms in total. The second-order valence-corrected chi connectivity index (χ2v) is 5.75. The molecule has 110 valence electrons. The Morgan fingerprint density at radius 1 is 1.18 bits per heavy atom. The Labute approximate surface area is 135 Å². The molecule has 0 bridgehead atoms. The van der Waals surface area contributed by atoms with Gasteiger partial charge in [0.2, 0.25) is 0 Å². The molecule has 0 spiro atoms. The quantitative estimate of drug-likeness (QED) is 0.488. The first-order valence-corrected chi connectivity index (χ1v) is 7.37. The monoisotopic (exact) mass is 357 g/mol. The van der Waals surface area contributed by atoms with Crippen LogP contribution < -0.4 is 5.32 Å². The minimum absolute atomic E-state index is 0.217. The number of halogens is 1. The van der Waals surface area contributed by atoms with Crippen molar-refractivity contribution in [3.05, 3.63) is 58.1 Å². The first-order chi connectivity index (χ1) is 10.6. The summed E-state index contributed by atoms with van der Waals surface area (Å²) in [6.07, 6.45) is 0. The number of oxime groups is 1. The lowest BCUT2D eigenvalue weighted by Crippen LogP contribution is -2.13. The van der Waals surface area contributed by atoms with Gasteiger partial charge >= 0.3 is 0 Å². The Kier molecular flexibility index (Phi) is 3.77. The van der Waals surface area contributed by atoms with Crippen LogP contribution in [0.15, 0.2) is 57.1 Å². The Morgan fingerprint density at radius 2 is 1.91 bits per heavy atom. The molecule has 1 amide bonds. The molecule has 0 fully saturated rings. The summed E-state index contributed by atoms with van der Waals surface area (Å²) in [5.74, 6) is -0.217. The summed E-state index contributed by atoms with van der Waals surface area (Å²) in [5.41, 5.74) is 3.89. The Bertz CT molecular complexity index is 811. The number of benzene rings is 2. The van der Waals surface area contributed by atoms with Crippen molar-refractivity contribution < 1.29 is 10.0 Å². The van der Waals surface area contributed by atoms with Gasteiger partial charge in [-0.3, -0.25) is 4.79 Å². The number of carbonyl (C=O) groups is 1. The molecular formula is C16H12BrN3O2. The summed E-state index contributed by atoms with van der Waals surface area (Å²) < 4.78 is 0.889. The number of carbonyl (C=O) groups excluding carboxylic acids is 1. The van der Waals surface area contributed by atoms with Crippen molar-refractivity contribution in [3.8, 4) is 0 Å². The van der Waals surface area contributed by atoms with Crippen LogP contribution in [0.2, 0.25) is 0 Å². The highest BCUT2D eigenvalue weighted by Gasteiger charge is 2.25. The lowest BCUT2D eigenvalue weighted by Gasteiger charge is -2.01. The van der Waals surface area contributed by atoms with Crippen LogP contribution in [0, 0.1) is 0 Å². The molecule has 0 radical (unpaired) electrons. The third-order valence-corrected chi connectivity index (χ3v) is 3.87. The smallest absolute Gasteiger partial charge is 0.275 e. The van der Waals surface area contributed by atoms with Gasteiger partial charge in [0.1, 0.15) is 5.71 Å². The molecule has 0 unspecified atom stereocenters. The predicted molar refractivity (Wildman–Crippen MR) is 89.4 cm³/mol. The van der Waals surface area contributed by atoms with Crippen LogP contribution >= 0.6 is 15.9 Å². The SMILES string of the molecule is CC(=NO)c1ccc(N=C2C(=O)Nc3ccc(Br)cc32)cc1. The van der Waals surface area contributed by atoms with Crippen LogP contribution in [0.4, 0.5) is 11.4 Å². The highest BCUT2D eigenvalue weighted by Crippen LogP contribution is 2.28. The standard InChI is InChI=1S/C16H12BrN3O2/c1-9(20-22)10-2-5-12(6-3-10)18-15-13-8-11(17)4-7-14(13)19-16(15)21/h2-8,22H,1H3,(H,18,19,21). The molecule has 1 aliphatic rings. The molecule has 22 heavy (non-hydrogen) atoms. The van der Waals surface area contributed by atoms with Gasteiger partial charge in [0.25, 0.3) is 5.91 Å². The van der Waals surface area contributed by atoms with E-state index in [4.69, 9.17) is 5.21 Å². The van der Waals surface area contributed by atoms with Gasteiger partial charge < -0.3 is 10.5 Å². The van der Waals surface area contributed by atoms with Gasteiger partial charge in [0.15, 0.2) is 0 Å².